The maximum absolute atomic E-state index is 5.93. The van der Waals surface area contributed by atoms with Crippen molar-refractivity contribution in [2.24, 2.45) is 0 Å². The summed E-state index contributed by atoms with van der Waals surface area (Å²) < 4.78 is 0. The van der Waals surface area contributed by atoms with Gasteiger partial charge in [0.05, 0.1) is 17.2 Å². The van der Waals surface area contributed by atoms with Gasteiger partial charge in [-0.2, -0.15) is 0 Å². The lowest BCUT2D eigenvalue weighted by Crippen LogP contribution is -2.00. The minimum absolute atomic E-state index is 0.776. The highest BCUT2D eigenvalue weighted by Crippen LogP contribution is 2.22. The van der Waals surface area contributed by atoms with Crippen LogP contribution >= 0.6 is 22.9 Å². The molecule has 0 radical (unpaired) electrons. The first-order valence-electron chi connectivity index (χ1n) is 5.49. The SMILES string of the molecule is Cc1nc(C)c(CNc2ccc(Cl)cc2C)s1. The van der Waals surface area contributed by atoms with E-state index in [2.05, 4.69) is 24.1 Å². The van der Waals surface area contributed by atoms with Gasteiger partial charge in [-0.15, -0.1) is 11.3 Å². The number of aryl methyl sites for hydroxylation is 3. The van der Waals surface area contributed by atoms with Crippen LogP contribution in [0.4, 0.5) is 5.69 Å². The summed E-state index contributed by atoms with van der Waals surface area (Å²) in [5, 5.41) is 5.32. The Morgan fingerprint density at radius 2 is 2.06 bits per heavy atom. The maximum atomic E-state index is 5.93. The van der Waals surface area contributed by atoms with Crippen molar-refractivity contribution < 1.29 is 0 Å². The molecule has 0 saturated carbocycles. The van der Waals surface area contributed by atoms with Gasteiger partial charge in [-0.1, -0.05) is 11.6 Å². The van der Waals surface area contributed by atoms with Crippen LogP contribution in [0.25, 0.3) is 0 Å². The zero-order valence-electron chi connectivity index (χ0n) is 10.2. The molecule has 0 amide bonds. The number of hydrogen-bond acceptors (Lipinski definition) is 3. The molecule has 0 spiro atoms. The Bertz CT molecular complexity index is 534. The van der Waals surface area contributed by atoms with Gasteiger partial charge in [-0.05, 0) is 44.5 Å². The van der Waals surface area contributed by atoms with Crippen LogP contribution in [0.15, 0.2) is 18.2 Å². The maximum Gasteiger partial charge on any atom is 0.0900 e. The van der Waals surface area contributed by atoms with Crippen molar-refractivity contribution in [2.75, 3.05) is 5.32 Å². The molecule has 0 aliphatic carbocycles. The lowest BCUT2D eigenvalue weighted by Gasteiger charge is -2.08. The van der Waals surface area contributed by atoms with E-state index in [0.29, 0.717) is 0 Å². The molecule has 0 fully saturated rings. The van der Waals surface area contributed by atoms with Gasteiger partial charge < -0.3 is 5.32 Å². The minimum Gasteiger partial charge on any atom is -0.380 e. The summed E-state index contributed by atoms with van der Waals surface area (Å²) in [6, 6.07) is 5.89. The Hall–Kier alpha value is -1.06. The van der Waals surface area contributed by atoms with Crippen LogP contribution in [-0.4, -0.2) is 4.98 Å². The number of rotatable bonds is 3. The van der Waals surface area contributed by atoms with E-state index in [1.54, 1.807) is 11.3 Å². The van der Waals surface area contributed by atoms with Crippen molar-refractivity contribution in [1.29, 1.82) is 0 Å². The van der Waals surface area contributed by atoms with E-state index in [-0.39, 0.29) is 0 Å². The molecule has 0 unspecified atom stereocenters. The molecule has 0 atom stereocenters. The molecule has 0 aliphatic heterocycles. The van der Waals surface area contributed by atoms with E-state index in [9.17, 15) is 0 Å². The Balaban J connectivity index is 2.10. The van der Waals surface area contributed by atoms with Crippen LogP contribution in [0.5, 0.6) is 0 Å². The van der Waals surface area contributed by atoms with E-state index >= 15 is 0 Å². The van der Waals surface area contributed by atoms with Crippen molar-refractivity contribution in [3.05, 3.63) is 44.4 Å². The van der Waals surface area contributed by atoms with E-state index < -0.39 is 0 Å². The molecule has 90 valence electrons. The largest absolute Gasteiger partial charge is 0.380 e. The molecule has 1 heterocycles. The monoisotopic (exact) mass is 266 g/mol. The van der Waals surface area contributed by atoms with Crippen molar-refractivity contribution in [2.45, 2.75) is 27.3 Å². The zero-order chi connectivity index (χ0) is 12.4. The molecule has 1 aromatic heterocycles. The summed E-state index contributed by atoms with van der Waals surface area (Å²) >= 11 is 7.67. The number of halogens is 1. The average molecular weight is 267 g/mol. The zero-order valence-corrected chi connectivity index (χ0v) is 11.7. The number of nitrogens with zero attached hydrogens (tertiary/aromatic N) is 1. The third-order valence-electron chi connectivity index (χ3n) is 2.63. The van der Waals surface area contributed by atoms with Gasteiger partial charge in [0.25, 0.3) is 0 Å². The topological polar surface area (TPSA) is 24.9 Å². The smallest absolute Gasteiger partial charge is 0.0900 e. The minimum atomic E-state index is 0.776. The summed E-state index contributed by atoms with van der Waals surface area (Å²) in [6.45, 7) is 6.96. The van der Waals surface area contributed by atoms with Crippen LogP contribution in [-0.2, 0) is 6.54 Å². The van der Waals surface area contributed by atoms with Crippen molar-refractivity contribution >= 4 is 28.6 Å². The Kier molecular flexibility index (Phi) is 3.69. The molecule has 2 nitrogen and oxygen atoms in total. The fourth-order valence-corrected chi connectivity index (χ4v) is 2.84. The molecule has 17 heavy (non-hydrogen) atoms. The summed E-state index contributed by atoms with van der Waals surface area (Å²) in [5.74, 6) is 0. The number of thiazole rings is 1. The fourth-order valence-electron chi connectivity index (χ4n) is 1.74. The van der Waals surface area contributed by atoms with E-state index in [1.807, 2.05) is 25.1 Å². The van der Waals surface area contributed by atoms with Crippen LogP contribution in [0.3, 0.4) is 0 Å². The molecule has 4 heteroatoms. The lowest BCUT2D eigenvalue weighted by molar-refractivity contribution is 1.10. The van der Waals surface area contributed by atoms with Gasteiger partial charge in [-0.25, -0.2) is 4.98 Å². The van der Waals surface area contributed by atoms with Gasteiger partial charge in [0, 0.05) is 15.6 Å². The summed E-state index contributed by atoms with van der Waals surface area (Å²) in [6.07, 6.45) is 0. The molecule has 0 bridgehead atoms. The van der Waals surface area contributed by atoms with Crippen LogP contribution < -0.4 is 5.32 Å². The molecular formula is C13H15ClN2S. The second-order valence-electron chi connectivity index (χ2n) is 4.05. The quantitative estimate of drug-likeness (QED) is 0.894. The van der Waals surface area contributed by atoms with Crippen molar-refractivity contribution in [3.63, 3.8) is 0 Å². The summed E-state index contributed by atoms with van der Waals surface area (Å²) in [5.41, 5.74) is 3.41. The molecule has 1 N–H and O–H groups in total. The summed E-state index contributed by atoms with van der Waals surface area (Å²) in [7, 11) is 0. The van der Waals surface area contributed by atoms with Crippen molar-refractivity contribution in [3.8, 4) is 0 Å². The summed E-state index contributed by atoms with van der Waals surface area (Å²) in [4.78, 5) is 5.71. The van der Waals surface area contributed by atoms with Crippen LogP contribution in [0, 0.1) is 20.8 Å². The number of aromatic nitrogens is 1. The highest BCUT2D eigenvalue weighted by Gasteiger charge is 2.05. The standard InChI is InChI=1S/C13H15ClN2S/c1-8-6-11(14)4-5-12(8)15-7-13-9(2)16-10(3)17-13/h4-6,15H,7H2,1-3H3. The van der Waals surface area contributed by atoms with Crippen molar-refractivity contribution in [1.82, 2.24) is 4.98 Å². The Morgan fingerprint density at radius 1 is 1.29 bits per heavy atom. The first kappa shape index (κ1) is 12.4. The fraction of sp³-hybridized carbons (Fsp3) is 0.308. The van der Waals surface area contributed by atoms with Gasteiger partial charge in [-0.3, -0.25) is 0 Å². The first-order chi connectivity index (χ1) is 8.06. The molecule has 2 rings (SSSR count). The molecular weight excluding hydrogens is 252 g/mol. The van der Waals surface area contributed by atoms with Crippen LogP contribution in [0.1, 0.15) is 21.1 Å². The van der Waals surface area contributed by atoms with Gasteiger partial charge >= 0.3 is 0 Å². The molecule has 1 aromatic carbocycles. The van der Waals surface area contributed by atoms with Gasteiger partial charge in [0.1, 0.15) is 0 Å². The number of nitrogens with one attached hydrogen (secondary N) is 1. The Labute approximate surface area is 111 Å². The van der Waals surface area contributed by atoms with E-state index in [1.165, 1.54) is 4.88 Å². The average Bonchev–Trinajstić information content (AvgIpc) is 2.56. The third-order valence-corrected chi connectivity index (χ3v) is 3.94. The van der Waals surface area contributed by atoms with Gasteiger partial charge in [0.15, 0.2) is 0 Å². The Morgan fingerprint density at radius 3 is 2.65 bits per heavy atom. The number of benzene rings is 1. The normalized spacial score (nSPS) is 10.6. The van der Waals surface area contributed by atoms with Gasteiger partial charge in [0.2, 0.25) is 0 Å². The number of anilines is 1. The highest BCUT2D eigenvalue weighted by molar-refractivity contribution is 7.11. The third kappa shape index (κ3) is 2.99. The second-order valence-corrected chi connectivity index (χ2v) is 5.78. The predicted molar refractivity (Wildman–Crippen MR) is 75.1 cm³/mol. The highest BCUT2D eigenvalue weighted by atomic mass is 35.5. The second kappa shape index (κ2) is 5.07. The van der Waals surface area contributed by atoms with E-state index in [0.717, 1.165) is 33.5 Å². The molecule has 0 saturated heterocycles. The van der Waals surface area contributed by atoms with E-state index in [4.69, 9.17) is 11.6 Å². The lowest BCUT2D eigenvalue weighted by atomic mass is 10.2. The first-order valence-corrected chi connectivity index (χ1v) is 6.68. The number of hydrogen-bond donors (Lipinski definition) is 1. The molecule has 0 aliphatic rings. The van der Waals surface area contributed by atoms with Crippen LogP contribution in [0.2, 0.25) is 5.02 Å². The molecule has 2 aromatic rings. The predicted octanol–water partition coefficient (Wildman–Crippen LogP) is 4.33.